The van der Waals surface area contributed by atoms with E-state index in [0.29, 0.717) is 25.3 Å². The van der Waals surface area contributed by atoms with Crippen molar-refractivity contribution in [1.82, 2.24) is 10.6 Å². The molecule has 1 heterocycles. The summed E-state index contributed by atoms with van der Waals surface area (Å²) in [5, 5.41) is 15.1. The van der Waals surface area contributed by atoms with Gasteiger partial charge in [-0.3, -0.25) is 4.79 Å². The molecule has 0 saturated heterocycles. The number of carbonyl (C=O) groups excluding carboxylic acids is 1. The van der Waals surface area contributed by atoms with Gasteiger partial charge in [-0.25, -0.2) is 0 Å². The van der Waals surface area contributed by atoms with E-state index in [9.17, 15) is 9.90 Å². The molecule has 0 aliphatic carbocycles. The van der Waals surface area contributed by atoms with Gasteiger partial charge in [0.1, 0.15) is 11.9 Å². The topological polar surface area (TPSA) is 74.5 Å². The Morgan fingerprint density at radius 2 is 2.47 bits per heavy atom. The molecule has 1 atom stereocenters. The molecule has 0 spiro atoms. The largest absolute Gasteiger partial charge is 0.467 e. The highest BCUT2D eigenvalue weighted by Gasteiger charge is 2.09. The van der Waals surface area contributed by atoms with Crippen LogP contribution in [0.2, 0.25) is 0 Å². The van der Waals surface area contributed by atoms with E-state index in [4.69, 9.17) is 4.42 Å². The Hall–Kier alpha value is -1.33. The number of amides is 1. The Morgan fingerprint density at radius 3 is 3.07 bits per heavy atom. The number of furan rings is 1. The zero-order chi connectivity index (χ0) is 11.1. The van der Waals surface area contributed by atoms with E-state index in [0.717, 1.165) is 0 Å². The molecule has 5 nitrogen and oxygen atoms in total. The number of carbonyl (C=O) groups is 1. The summed E-state index contributed by atoms with van der Waals surface area (Å²) in [5.41, 5.74) is 0. The van der Waals surface area contributed by atoms with Crippen molar-refractivity contribution < 1.29 is 14.3 Å². The predicted octanol–water partition coefficient (Wildman–Crippen LogP) is 0.0387. The molecule has 0 aromatic carbocycles. The van der Waals surface area contributed by atoms with Crippen LogP contribution >= 0.6 is 0 Å². The average molecular weight is 212 g/mol. The van der Waals surface area contributed by atoms with Crippen LogP contribution in [-0.2, 0) is 4.79 Å². The molecule has 1 amide bonds. The minimum Gasteiger partial charge on any atom is -0.467 e. The van der Waals surface area contributed by atoms with Gasteiger partial charge in [-0.2, -0.15) is 0 Å². The van der Waals surface area contributed by atoms with Gasteiger partial charge in [0.25, 0.3) is 0 Å². The normalized spacial score (nSPS) is 12.4. The van der Waals surface area contributed by atoms with Crippen molar-refractivity contribution in [3.05, 3.63) is 24.2 Å². The minimum atomic E-state index is -0.662. The van der Waals surface area contributed by atoms with Gasteiger partial charge in [0, 0.05) is 26.6 Å². The average Bonchev–Trinajstić information content (AvgIpc) is 2.77. The lowest BCUT2D eigenvalue weighted by atomic mass is 10.2. The van der Waals surface area contributed by atoms with Gasteiger partial charge in [-0.15, -0.1) is 0 Å². The lowest BCUT2D eigenvalue weighted by molar-refractivity contribution is -0.120. The summed E-state index contributed by atoms with van der Waals surface area (Å²) < 4.78 is 5.03. The standard InChI is InChI=1S/C10H16N2O3/c1-11-10(14)4-5-12-7-8(13)9-3-2-6-15-9/h2-3,6,8,12-13H,4-5,7H2,1H3,(H,11,14). The monoisotopic (exact) mass is 212 g/mol. The first-order valence-electron chi connectivity index (χ1n) is 4.87. The van der Waals surface area contributed by atoms with Crippen LogP contribution in [0.1, 0.15) is 18.3 Å². The molecule has 84 valence electrons. The maximum absolute atomic E-state index is 10.9. The second-order valence-electron chi connectivity index (χ2n) is 3.16. The lowest BCUT2D eigenvalue weighted by Gasteiger charge is -2.08. The van der Waals surface area contributed by atoms with Crippen LogP contribution in [-0.4, -0.2) is 31.2 Å². The Bertz CT molecular complexity index is 285. The maximum Gasteiger partial charge on any atom is 0.221 e. The summed E-state index contributed by atoms with van der Waals surface area (Å²) in [4.78, 5) is 10.9. The van der Waals surface area contributed by atoms with Crippen LogP contribution in [0.3, 0.4) is 0 Å². The molecular weight excluding hydrogens is 196 g/mol. The van der Waals surface area contributed by atoms with Crippen molar-refractivity contribution in [3.63, 3.8) is 0 Å². The van der Waals surface area contributed by atoms with Crippen molar-refractivity contribution in [3.8, 4) is 0 Å². The van der Waals surface area contributed by atoms with E-state index in [1.54, 1.807) is 19.2 Å². The molecule has 0 radical (unpaired) electrons. The van der Waals surface area contributed by atoms with Crippen molar-refractivity contribution in [1.29, 1.82) is 0 Å². The van der Waals surface area contributed by atoms with E-state index >= 15 is 0 Å². The van der Waals surface area contributed by atoms with Crippen molar-refractivity contribution >= 4 is 5.91 Å². The first kappa shape index (κ1) is 11.7. The number of hydrogen-bond donors (Lipinski definition) is 3. The zero-order valence-electron chi connectivity index (χ0n) is 8.69. The summed E-state index contributed by atoms with van der Waals surface area (Å²) in [6.07, 6.45) is 1.26. The smallest absolute Gasteiger partial charge is 0.221 e. The number of aliphatic hydroxyl groups excluding tert-OH is 1. The number of aliphatic hydroxyl groups is 1. The highest BCUT2D eigenvalue weighted by Crippen LogP contribution is 2.11. The Kier molecular flexibility index (Phi) is 4.86. The number of hydrogen-bond acceptors (Lipinski definition) is 4. The fourth-order valence-electron chi connectivity index (χ4n) is 1.15. The maximum atomic E-state index is 10.9. The Morgan fingerprint density at radius 1 is 1.67 bits per heavy atom. The van der Waals surface area contributed by atoms with E-state index in [-0.39, 0.29) is 5.91 Å². The Labute approximate surface area is 88.5 Å². The SMILES string of the molecule is CNC(=O)CCNCC(O)c1ccco1. The van der Waals surface area contributed by atoms with Crippen LogP contribution < -0.4 is 10.6 Å². The third-order valence-corrected chi connectivity index (χ3v) is 2.02. The number of rotatable bonds is 6. The van der Waals surface area contributed by atoms with Crippen molar-refractivity contribution in [2.75, 3.05) is 20.1 Å². The van der Waals surface area contributed by atoms with Gasteiger partial charge in [0.15, 0.2) is 0 Å². The van der Waals surface area contributed by atoms with Gasteiger partial charge in [0.2, 0.25) is 5.91 Å². The molecule has 5 heteroatoms. The molecule has 1 aromatic heterocycles. The summed E-state index contributed by atoms with van der Waals surface area (Å²) in [6, 6.07) is 3.44. The van der Waals surface area contributed by atoms with E-state index in [2.05, 4.69) is 10.6 Å². The van der Waals surface area contributed by atoms with E-state index in [1.165, 1.54) is 6.26 Å². The number of nitrogens with one attached hydrogen (secondary N) is 2. The van der Waals surface area contributed by atoms with Gasteiger partial charge >= 0.3 is 0 Å². The van der Waals surface area contributed by atoms with Crippen LogP contribution in [0.5, 0.6) is 0 Å². The third-order valence-electron chi connectivity index (χ3n) is 2.02. The molecule has 0 bridgehead atoms. The summed E-state index contributed by atoms with van der Waals surface area (Å²) >= 11 is 0. The molecule has 15 heavy (non-hydrogen) atoms. The van der Waals surface area contributed by atoms with Crippen LogP contribution in [0.4, 0.5) is 0 Å². The molecule has 0 aliphatic heterocycles. The zero-order valence-corrected chi connectivity index (χ0v) is 8.69. The first-order chi connectivity index (χ1) is 7.24. The fraction of sp³-hybridized carbons (Fsp3) is 0.500. The quantitative estimate of drug-likeness (QED) is 0.582. The van der Waals surface area contributed by atoms with E-state index < -0.39 is 6.10 Å². The van der Waals surface area contributed by atoms with Gasteiger partial charge < -0.3 is 20.2 Å². The summed E-state index contributed by atoms with van der Waals surface area (Å²) in [7, 11) is 1.60. The summed E-state index contributed by atoms with van der Waals surface area (Å²) in [6.45, 7) is 0.919. The molecule has 1 rings (SSSR count). The van der Waals surface area contributed by atoms with Crippen LogP contribution in [0, 0.1) is 0 Å². The highest BCUT2D eigenvalue weighted by atomic mass is 16.4. The minimum absolute atomic E-state index is 0.0185. The molecule has 0 saturated carbocycles. The third kappa shape index (κ3) is 4.14. The molecule has 3 N–H and O–H groups in total. The van der Waals surface area contributed by atoms with Gasteiger partial charge in [-0.05, 0) is 12.1 Å². The lowest BCUT2D eigenvalue weighted by Crippen LogP contribution is -2.27. The molecular formula is C10H16N2O3. The summed E-state index contributed by atoms with van der Waals surface area (Å²) in [5.74, 6) is 0.512. The molecule has 1 aromatic rings. The highest BCUT2D eigenvalue weighted by molar-refractivity contribution is 5.75. The fourth-order valence-corrected chi connectivity index (χ4v) is 1.15. The van der Waals surface area contributed by atoms with Crippen LogP contribution in [0.15, 0.2) is 22.8 Å². The second kappa shape index (κ2) is 6.21. The van der Waals surface area contributed by atoms with Crippen molar-refractivity contribution in [2.24, 2.45) is 0 Å². The van der Waals surface area contributed by atoms with Gasteiger partial charge in [0.05, 0.1) is 6.26 Å². The van der Waals surface area contributed by atoms with Gasteiger partial charge in [-0.1, -0.05) is 0 Å². The second-order valence-corrected chi connectivity index (χ2v) is 3.16. The molecule has 1 unspecified atom stereocenters. The molecule has 0 aliphatic rings. The van der Waals surface area contributed by atoms with Crippen LogP contribution in [0.25, 0.3) is 0 Å². The van der Waals surface area contributed by atoms with E-state index in [1.807, 2.05) is 0 Å². The Balaban J connectivity index is 2.13. The molecule has 0 fully saturated rings. The first-order valence-corrected chi connectivity index (χ1v) is 4.87. The predicted molar refractivity (Wildman–Crippen MR) is 55.2 cm³/mol. The van der Waals surface area contributed by atoms with Crippen molar-refractivity contribution in [2.45, 2.75) is 12.5 Å².